The van der Waals surface area contributed by atoms with E-state index in [-0.39, 0.29) is 0 Å². The van der Waals surface area contributed by atoms with Crippen LogP contribution in [-0.2, 0) is 6.42 Å². The van der Waals surface area contributed by atoms with Crippen molar-refractivity contribution in [1.29, 1.82) is 0 Å². The van der Waals surface area contributed by atoms with Crippen LogP contribution in [0.15, 0.2) is 71.1 Å². The molecule has 2 heteroatoms. The first-order valence-electron chi connectivity index (χ1n) is 7.46. The van der Waals surface area contributed by atoms with Gasteiger partial charge in [-0.2, -0.15) is 0 Å². The molecule has 0 unspecified atom stereocenters. The molecular formula is C20H13NO. The van der Waals surface area contributed by atoms with Gasteiger partial charge in [-0.1, -0.05) is 48.5 Å². The molecule has 0 saturated carbocycles. The zero-order valence-electron chi connectivity index (χ0n) is 11.9. The zero-order chi connectivity index (χ0) is 14.5. The molecule has 0 aliphatic heterocycles. The van der Waals surface area contributed by atoms with E-state index in [1.165, 1.54) is 22.3 Å². The van der Waals surface area contributed by atoms with Gasteiger partial charge in [0.15, 0.2) is 5.58 Å². The van der Waals surface area contributed by atoms with E-state index in [1.54, 1.807) is 0 Å². The van der Waals surface area contributed by atoms with Crippen molar-refractivity contribution in [3.63, 3.8) is 0 Å². The topological polar surface area (TPSA) is 26.0 Å². The summed E-state index contributed by atoms with van der Waals surface area (Å²) < 4.78 is 5.97. The lowest BCUT2D eigenvalue weighted by atomic mass is 10.0. The molecule has 4 aromatic rings. The molecular weight excluding hydrogens is 270 g/mol. The molecule has 1 aromatic heterocycles. The van der Waals surface area contributed by atoms with Gasteiger partial charge in [0.2, 0.25) is 5.89 Å². The number of rotatable bonds is 1. The summed E-state index contributed by atoms with van der Waals surface area (Å²) in [4.78, 5) is 4.66. The minimum atomic E-state index is 0.714. The third kappa shape index (κ3) is 1.58. The van der Waals surface area contributed by atoms with Crippen LogP contribution in [0.25, 0.3) is 33.7 Å². The van der Waals surface area contributed by atoms with Gasteiger partial charge in [0.25, 0.3) is 0 Å². The highest BCUT2D eigenvalue weighted by Gasteiger charge is 2.22. The Morgan fingerprint density at radius 2 is 1.50 bits per heavy atom. The molecule has 1 aliphatic rings. The van der Waals surface area contributed by atoms with E-state index in [4.69, 9.17) is 4.42 Å². The zero-order valence-corrected chi connectivity index (χ0v) is 11.9. The number of hydrogen-bond acceptors (Lipinski definition) is 2. The van der Waals surface area contributed by atoms with Gasteiger partial charge in [-0.15, -0.1) is 0 Å². The van der Waals surface area contributed by atoms with Crippen molar-refractivity contribution in [2.75, 3.05) is 0 Å². The molecule has 0 radical (unpaired) electrons. The van der Waals surface area contributed by atoms with Crippen LogP contribution in [0.2, 0.25) is 0 Å². The number of oxazole rings is 1. The largest absolute Gasteiger partial charge is 0.436 e. The SMILES string of the molecule is c1ccc2c(c1)Cc1c(-c3nc4ccccc4o3)cccc1-2. The first kappa shape index (κ1) is 11.8. The monoisotopic (exact) mass is 283 g/mol. The number of nitrogens with zero attached hydrogens (tertiary/aromatic N) is 1. The maximum atomic E-state index is 5.97. The average molecular weight is 283 g/mol. The van der Waals surface area contributed by atoms with Crippen molar-refractivity contribution < 1.29 is 4.42 Å². The van der Waals surface area contributed by atoms with Gasteiger partial charge >= 0.3 is 0 Å². The van der Waals surface area contributed by atoms with Gasteiger partial charge in [-0.3, -0.25) is 0 Å². The Balaban J connectivity index is 1.74. The molecule has 1 heterocycles. The van der Waals surface area contributed by atoms with Crippen molar-refractivity contribution in [3.8, 4) is 22.6 Å². The van der Waals surface area contributed by atoms with Gasteiger partial charge in [-0.05, 0) is 46.9 Å². The molecule has 0 N–H and O–H groups in total. The molecule has 0 saturated heterocycles. The molecule has 22 heavy (non-hydrogen) atoms. The molecule has 0 amide bonds. The van der Waals surface area contributed by atoms with Crippen molar-refractivity contribution in [3.05, 3.63) is 77.9 Å². The number of hydrogen-bond donors (Lipinski definition) is 0. The van der Waals surface area contributed by atoms with Crippen molar-refractivity contribution in [2.24, 2.45) is 0 Å². The van der Waals surface area contributed by atoms with E-state index in [9.17, 15) is 0 Å². The van der Waals surface area contributed by atoms with E-state index >= 15 is 0 Å². The van der Waals surface area contributed by atoms with Crippen LogP contribution in [0, 0.1) is 0 Å². The second kappa shape index (κ2) is 4.31. The lowest BCUT2D eigenvalue weighted by Gasteiger charge is -2.04. The highest BCUT2D eigenvalue weighted by Crippen LogP contribution is 2.41. The maximum Gasteiger partial charge on any atom is 0.227 e. The van der Waals surface area contributed by atoms with Crippen LogP contribution < -0.4 is 0 Å². The predicted molar refractivity (Wildman–Crippen MR) is 87.7 cm³/mol. The fraction of sp³-hybridized carbons (Fsp3) is 0.0500. The molecule has 0 fully saturated rings. The van der Waals surface area contributed by atoms with Crippen LogP contribution >= 0.6 is 0 Å². The standard InChI is InChI=1S/C20H13NO/c1-2-7-14-13(6-1)12-17-15(14)8-5-9-16(17)20-21-18-10-3-4-11-19(18)22-20/h1-11H,12H2. The lowest BCUT2D eigenvalue weighted by molar-refractivity contribution is 0.619. The number of para-hydroxylation sites is 2. The molecule has 0 atom stereocenters. The average Bonchev–Trinajstić information content (AvgIpc) is 3.15. The molecule has 0 spiro atoms. The Morgan fingerprint density at radius 1 is 0.727 bits per heavy atom. The summed E-state index contributed by atoms with van der Waals surface area (Å²) in [5.41, 5.74) is 8.17. The summed E-state index contributed by atoms with van der Waals surface area (Å²) in [7, 11) is 0. The van der Waals surface area contributed by atoms with E-state index in [0.29, 0.717) is 5.89 Å². The summed E-state index contributed by atoms with van der Waals surface area (Å²) in [6.07, 6.45) is 0.945. The highest BCUT2D eigenvalue weighted by atomic mass is 16.3. The van der Waals surface area contributed by atoms with Crippen molar-refractivity contribution in [2.45, 2.75) is 6.42 Å². The molecule has 0 bridgehead atoms. The van der Waals surface area contributed by atoms with E-state index in [1.807, 2.05) is 24.3 Å². The molecule has 2 nitrogen and oxygen atoms in total. The number of benzene rings is 3. The lowest BCUT2D eigenvalue weighted by Crippen LogP contribution is -1.87. The second-order valence-electron chi connectivity index (χ2n) is 5.65. The minimum Gasteiger partial charge on any atom is -0.436 e. The Morgan fingerprint density at radius 3 is 2.45 bits per heavy atom. The van der Waals surface area contributed by atoms with E-state index in [2.05, 4.69) is 47.4 Å². The third-order valence-electron chi connectivity index (χ3n) is 4.38. The van der Waals surface area contributed by atoms with Crippen molar-refractivity contribution in [1.82, 2.24) is 4.98 Å². The van der Waals surface area contributed by atoms with Crippen LogP contribution in [0.3, 0.4) is 0 Å². The molecule has 3 aromatic carbocycles. The Kier molecular flexibility index (Phi) is 2.30. The summed E-state index contributed by atoms with van der Waals surface area (Å²) in [6.45, 7) is 0. The van der Waals surface area contributed by atoms with Gasteiger partial charge < -0.3 is 4.42 Å². The Hall–Kier alpha value is -2.87. The first-order valence-corrected chi connectivity index (χ1v) is 7.46. The van der Waals surface area contributed by atoms with Gasteiger partial charge in [0.05, 0.1) is 0 Å². The van der Waals surface area contributed by atoms with Crippen LogP contribution in [0.4, 0.5) is 0 Å². The summed E-state index contributed by atoms with van der Waals surface area (Å²) in [6, 6.07) is 22.9. The first-order chi connectivity index (χ1) is 10.9. The maximum absolute atomic E-state index is 5.97. The molecule has 104 valence electrons. The van der Waals surface area contributed by atoms with Crippen LogP contribution in [-0.4, -0.2) is 4.98 Å². The van der Waals surface area contributed by atoms with Crippen molar-refractivity contribution >= 4 is 11.1 Å². The summed E-state index contributed by atoms with van der Waals surface area (Å²) >= 11 is 0. The van der Waals surface area contributed by atoms with Crippen LogP contribution in [0.1, 0.15) is 11.1 Å². The Labute approximate surface area is 128 Å². The summed E-state index contributed by atoms with van der Waals surface area (Å²) in [5, 5.41) is 0. The molecule has 5 rings (SSSR count). The van der Waals surface area contributed by atoms with Gasteiger partial charge in [-0.25, -0.2) is 4.98 Å². The summed E-state index contributed by atoms with van der Waals surface area (Å²) in [5.74, 6) is 0.714. The van der Waals surface area contributed by atoms with E-state index < -0.39 is 0 Å². The molecule has 1 aliphatic carbocycles. The Bertz CT molecular complexity index is 980. The fourth-order valence-electron chi connectivity index (χ4n) is 3.35. The normalized spacial score (nSPS) is 12.4. The number of aromatic nitrogens is 1. The highest BCUT2D eigenvalue weighted by molar-refractivity contribution is 5.84. The second-order valence-corrected chi connectivity index (χ2v) is 5.65. The third-order valence-corrected chi connectivity index (χ3v) is 4.38. The minimum absolute atomic E-state index is 0.714. The quantitative estimate of drug-likeness (QED) is 0.429. The van der Waals surface area contributed by atoms with Crippen LogP contribution in [0.5, 0.6) is 0 Å². The van der Waals surface area contributed by atoms with Gasteiger partial charge in [0, 0.05) is 5.56 Å². The van der Waals surface area contributed by atoms with E-state index in [0.717, 1.165) is 23.1 Å². The fourth-order valence-corrected chi connectivity index (χ4v) is 3.35. The number of fused-ring (bicyclic) bond motifs is 4. The smallest absolute Gasteiger partial charge is 0.227 e. The van der Waals surface area contributed by atoms with Gasteiger partial charge in [0.1, 0.15) is 5.52 Å². The predicted octanol–water partition coefficient (Wildman–Crippen LogP) is 5.07.